The molecular weight excluding hydrogens is 826 g/mol. The predicted molar refractivity (Wildman–Crippen MR) is 227 cm³/mol. The average Bonchev–Trinajstić information content (AvgIpc) is 3.72. The summed E-state index contributed by atoms with van der Waals surface area (Å²) in [4.78, 5) is 58.6. The van der Waals surface area contributed by atoms with Crippen molar-refractivity contribution in [3.05, 3.63) is 76.6 Å². The number of hydrogen-bond donors (Lipinski definition) is 5. The Morgan fingerprint density at radius 1 is 0.820 bits per heavy atom. The second-order valence-electron chi connectivity index (χ2n) is 14.3. The number of ether oxygens (including phenoxy) is 3. The molecule has 4 rings (SSSR count). The average molecular weight is 874 g/mol. The number of esters is 2. The molecule has 2 amide bonds. The van der Waals surface area contributed by atoms with E-state index in [2.05, 4.69) is 32.7 Å². The van der Waals surface area contributed by atoms with Gasteiger partial charge in [0.25, 0.3) is 0 Å². The lowest BCUT2D eigenvalue weighted by atomic mass is 9.97. The molecule has 2 aromatic heterocycles. The van der Waals surface area contributed by atoms with Crippen LogP contribution in [0.4, 0.5) is 5.82 Å². The van der Waals surface area contributed by atoms with E-state index < -0.39 is 41.9 Å². The molecule has 2 heterocycles. The lowest BCUT2D eigenvalue weighted by molar-refractivity contribution is -0.160. The van der Waals surface area contributed by atoms with Crippen LogP contribution in [-0.4, -0.2) is 78.2 Å². The highest BCUT2D eigenvalue weighted by Crippen LogP contribution is 2.37. The van der Waals surface area contributed by atoms with Crippen LogP contribution < -0.4 is 32.6 Å². The van der Waals surface area contributed by atoms with Crippen molar-refractivity contribution in [2.45, 2.75) is 69.5 Å². The molecule has 0 unspecified atom stereocenters. The van der Waals surface area contributed by atoms with Crippen molar-refractivity contribution in [2.75, 3.05) is 32.0 Å². The van der Waals surface area contributed by atoms with Crippen LogP contribution in [0.5, 0.6) is 5.75 Å². The van der Waals surface area contributed by atoms with Gasteiger partial charge in [0, 0.05) is 35.0 Å². The summed E-state index contributed by atoms with van der Waals surface area (Å²) in [7, 11) is 0. The maximum atomic E-state index is 12.8. The fourth-order valence-corrected chi connectivity index (χ4v) is 6.37. The van der Waals surface area contributed by atoms with Gasteiger partial charge in [-0.05, 0) is 53.8 Å². The molecule has 0 saturated heterocycles. The van der Waals surface area contributed by atoms with Crippen molar-refractivity contribution in [2.24, 2.45) is 23.3 Å². The summed E-state index contributed by atoms with van der Waals surface area (Å²) in [5.74, 6) is -1.46. The second kappa shape index (κ2) is 23.0. The zero-order valence-corrected chi connectivity index (χ0v) is 35.7. The highest BCUT2D eigenvalue weighted by atomic mass is 35.5. The number of nitrogens with zero attached hydrogens (tertiary/aromatic N) is 4. The van der Waals surface area contributed by atoms with Crippen LogP contribution in [0.15, 0.2) is 64.2 Å². The molecule has 0 aliphatic carbocycles. The normalized spacial score (nSPS) is 12.4. The topological polar surface area (TPSA) is 285 Å². The van der Waals surface area contributed by atoms with Crippen molar-refractivity contribution in [1.82, 2.24) is 20.6 Å². The number of nitrogens with two attached hydrogens (primary N) is 3. The number of amides is 2. The monoisotopic (exact) mass is 873 g/mol. The molecule has 4 aromatic rings. The van der Waals surface area contributed by atoms with E-state index in [9.17, 15) is 29.7 Å². The summed E-state index contributed by atoms with van der Waals surface area (Å²) in [5.41, 5.74) is 20.2. The van der Waals surface area contributed by atoms with Gasteiger partial charge in [-0.1, -0.05) is 63.2 Å². The molecule has 0 aliphatic rings. The summed E-state index contributed by atoms with van der Waals surface area (Å²) in [5, 5.41) is 26.4. The molecular formula is C42H48ClN9O8S. The first-order chi connectivity index (χ1) is 29.1. The van der Waals surface area contributed by atoms with Gasteiger partial charge in [0.05, 0.1) is 36.2 Å². The molecule has 0 saturated carbocycles. The molecule has 0 bridgehead atoms. The Kier molecular flexibility index (Phi) is 17.9. The fourth-order valence-electron chi connectivity index (χ4n) is 5.37. The number of carbonyl (C=O) groups is 4. The molecule has 0 radical (unpaired) electrons. The summed E-state index contributed by atoms with van der Waals surface area (Å²) in [6, 6.07) is 16.2. The Hall–Kier alpha value is -6.18. The van der Waals surface area contributed by atoms with Crippen LogP contribution in [0.2, 0.25) is 5.02 Å². The standard InChI is InChI=1S/C42H48ClN9O8S/c1-23(2)36(46)39(55)49-15-13-33(53)58-21-30(60-34(54)14-16-50-40(56)37(47)24(3)4)20-57-29-11-7-25(8-12-29)35-31(17-44)38(48)52-42(32(35)18-45)61-22-28-19-59-41(51-28)26-5-9-27(43)10-6-26/h5-12,19,23-24,30,36-37H,13-16,20-22,46-47H2,1-4H3,(H2,48,52)(H,49,55)(H,50,56)/t30-,36-,37-/m0/s1. The van der Waals surface area contributed by atoms with Crippen molar-refractivity contribution in [3.8, 4) is 40.5 Å². The minimum Gasteiger partial charge on any atom is -0.490 e. The number of aromatic nitrogens is 2. The minimum absolute atomic E-state index is 0.0124. The number of halogens is 1. The number of carbonyl (C=O) groups excluding carboxylic acids is 4. The van der Waals surface area contributed by atoms with Crippen molar-refractivity contribution in [3.63, 3.8) is 0 Å². The Morgan fingerprint density at radius 2 is 1.39 bits per heavy atom. The molecule has 0 spiro atoms. The zero-order valence-electron chi connectivity index (χ0n) is 34.1. The predicted octanol–water partition coefficient (Wildman–Crippen LogP) is 4.49. The first kappa shape index (κ1) is 47.5. The highest BCUT2D eigenvalue weighted by molar-refractivity contribution is 7.98. The largest absolute Gasteiger partial charge is 0.490 e. The number of benzene rings is 2. The number of nitrogens with one attached hydrogen (secondary N) is 2. The molecule has 3 atom stereocenters. The summed E-state index contributed by atoms with van der Waals surface area (Å²) >= 11 is 7.20. The zero-order chi connectivity index (χ0) is 44.6. The number of anilines is 1. The van der Waals surface area contributed by atoms with Crippen molar-refractivity contribution in [1.29, 1.82) is 10.5 Å². The number of nitriles is 2. The van der Waals surface area contributed by atoms with E-state index in [1.54, 1.807) is 76.2 Å². The van der Waals surface area contributed by atoms with Gasteiger partial charge in [0.15, 0.2) is 6.10 Å². The Balaban J connectivity index is 1.44. The van der Waals surface area contributed by atoms with E-state index in [1.807, 2.05) is 0 Å². The maximum absolute atomic E-state index is 12.8. The first-order valence-electron chi connectivity index (χ1n) is 19.2. The number of thioether (sulfide) groups is 1. The number of pyridine rings is 1. The van der Waals surface area contributed by atoms with Gasteiger partial charge >= 0.3 is 11.9 Å². The van der Waals surface area contributed by atoms with Gasteiger partial charge in [-0.3, -0.25) is 19.2 Å². The Morgan fingerprint density at radius 3 is 1.97 bits per heavy atom. The van der Waals surface area contributed by atoms with E-state index >= 15 is 0 Å². The number of oxazole rings is 1. The van der Waals surface area contributed by atoms with Crippen molar-refractivity contribution >= 4 is 52.9 Å². The molecule has 19 heteroatoms. The Labute approximate surface area is 362 Å². The number of rotatable bonds is 21. The van der Waals surface area contributed by atoms with Gasteiger partial charge in [0.1, 0.15) is 53.8 Å². The van der Waals surface area contributed by atoms with Crippen LogP contribution in [0.3, 0.4) is 0 Å². The molecule has 2 aromatic carbocycles. The smallest absolute Gasteiger partial charge is 0.308 e. The molecule has 0 fully saturated rings. The lowest BCUT2D eigenvalue weighted by Gasteiger charge is -2.20. The van der Waals surface area contributed by atoms with Crippen LogP contribution in [0, 0.1) is 34.5 Å². The maximum Gasteiger partial charge on any atom is 0.308 e. The van der Waals surface area contributed by atoms with Crippen LogP contribution in [-0.2, 0) is 34.4 Å². The summed E-state index contributed by atoms with van der Waals surface area (Å²) in [6.07, 6.45) is 0.0691. The van der Waals surface area contributed by atoms with Gasteiger partial charge in [-0.15, -0.1) is 0 Å². The third-order valence-corrected chi connectivity index (χ3v) is 10.3. The molecule has 322 valence electrons. The highest BCUT2D eigenvalue weighted by Gasteiger charge is 2.24. The molecule has 17 nitrogen and oxygen atoms in total. The van der Waals surface area contributed by atoms with E-state index in [0.29, 0.717) is 27.9 Å². The van der Waals surface area contributed by atoms with E-state index in [4.69, 9.17) is 47.4 Å². The van der Waals surface area contributed by atoms with Gasteiger partial charge in [-0.2, -0.15) is 10.5 Å². The van der Waals surface area contributed by atoms with Crippen LogP contribution in [0.25, 0.3) is 22.6 Å². The molecule has 61 heavy (non-hydrogen) atoms. The first-order valence-corrected chi connectivity index (χ1v) is 20.6. The number of nitrogen functional groups attached to an aromatic ring is 1. The van der Waals surface area contributed by atoms with E-state index in [1.165, 1.54) is 18.0 Å². The Bertz CT molecular complexity index is 2240. The van der Waals surface area contributed by atoms with E-state index in [-0.39, 0.29) is 84.3 Å². The quantitative estimate of drug-likeness (QED) is 0.0569. The molecule has 8 N–H and O–H groups in total. The fraction of sp³-hybridized carbons (Fsp3) is 0.381. The van der Waals surface area contributed by atoms with Gasteiger partial charge in [-0.25, -0.2) is 9.97 Å². The van der Waals surface area contributed by atoms with Gasteiger partial charge < -0.3 is 46.5 Å². The third-order valence-electron chi connectivity index (χ3n) is 9.02. The SMILES string of the molecule is CC(C)[C@H](N)C(=O)NCCC(=O)OC[C@H](COc1ccc(-c2c(C#N)c(N)nc(SCc3coc(-c4ccc(Cl)cc4)n3)c2C#N)cc1)OC(=O)CCNC(=O)[C@@H](N)C(C)C. The second-order valence-corrected chi connectivity index (χ2v) is 15.7. The summed E-state index contributed by atoms with van der Waals surface area (Å²) < 4.78 is 22.5. The van der Waals surface area contributed by atoms with Crippen molar-refractivity contribution < 1.29 is 37.8 Å². The number of hydrogen-bond acceptors (Lipinski definition) is 16. The minimum atomic E-state index is -1.07. The molecule has 0 aliphatic heterocycles. The lowest BCUT2D eigenvalue weighted by Crippen LogP contribution is -2.44. The van der Waals surface area contributed by atoms with Gasteiger partial charge in [0.2, 0.25) is 17.7 Å². The summed E-state index contributed by atoms with van der Waals surface area (Å²) in [6.45, 7) is 6.52. The third kappa shape index (κ3) is 13.9. The van der Waals surface area contributed by atoms with Crippen LogP contribution >= 0.6 is 23.4 Å². The van der Waals surface area contributed by atoms with E-state index in [0.717, 1.165) is 5.56 Å². The van der Waals surface area contributed by atoms with Crippen LogP contribution in [0.1, 0.15) is 57.4 Å².